The Hall–Kier alpha value is -2.89. The van der Waals surface area contributed by atoms with E-state index in [9.17, 15) is 13.2 Å². The molecule has 34 heavy (non-hydrogen) atoms. The molecule has 0 saturated carbocycles. The largest absolute Gasteiger partial charge is 0.339 e. The van der Waals surface area contributed by atoms with E-state index >= 15 is 0 Å². The van der Waals surface area contributed by atoms with E-state index < -0.39 is 10.0 Å². The Labute approximate surface area is 202 Å². The van der Waals surface area contributed by atoms with Gasteiger partial charge in [-0.25, -0.2) is 12.9 Å². The number of rotatable bonds is 6. The highest BCUT2D eigenvalue weighted by atomic mass is 32.2. The first-order valence-electron chi connectivity index (χ1n) is 11.4. The molecule has 3 aromatic heterocycles. The topological polar surface area (TPSA) is 101 Å². The summed E-state index contributed by atoms with van der Waals surface area (Å²) in [4.78, 5) is 14.9. The highest BCUT2D eigenvalue weighted by molar-refractivity contribution is 7.89. The van der Waals surface area contributed by atoms with Crippen molar-refractivity contribution in [2.45, 2.75) is 37.5 Å². The molecule has 11 heteroatoms. The maximum absolute atomic E-state index is 13.3. The van der Waals surface area contributed by atoms with Crippen LogP contribution in [0.4, 0.5) is 0 Å². The summed E-state index contributed by atoms with van der Waals surface area (Å²) in [6, 6.07) is 9.13. The molecule has 9 nitrogen and oxygen atoms in total. The van der Waals surface area contributed by atoms with Gasteiger partial charge >= 0.3 is 0 Å². The lowest BCUT2D eigenvalue weighted by Gasteiger charge is -2.31. The van der Waals surface area contributed by atoms with E-state index in [1.54, 1.807) is 38.1 Å². The molecule has 1 amide bonds. The Bertz CT molecular complexity index is 1450. The third kappa shape index (κ3) is 3.87. The first kappa shape index (κ1) is 22.9. The molecule has 1 aliphatic rings. The number of carbonyl (C=O) groups is 1. The molecule has 1 aromatic carbocycles. The second-order valence-corrected chi connectivity index (χ2v) is 10.8. The van der Waals surface area contributed by atoms with Gasteiger partial charge in [-0.15, -0.1) is 0 Å². The quantitative estimate of drug-likeness (QED) is 0.404. The van der Waals surface area contributed by atoms with Gasteiger partial charge < -0.3 is 4.90 Å². The van der Waals surface area contributed by atoms with Crippen LogP contribution in [-0.4, -0.2) is 68.1 Å². The van der Waals surface area contributed by atoms with Gasteiger partial charge in [-0.2, -0.15) is 18.2 Å². The number of fused-ring (bicyclic) bond motifs is 2. The molecule has 0 aliphatic carbocycles. The Morgan fingerprint density at radius 3 is 2.65 bits per heavy atom. The number of aromatic nitrogens is 4. The SMILES string of the molecule is CCN(CC)C(=O)c1cnn2ccc(C3CCN(S(=O)(=O)c4cccc5nsnc45)CC3)cc12. The normalized spacial score (nSPS) is 15.8. The van der Waals surface area contributed by atoms with E-state index in [1.807, 2.05) is 32.2 Å². The van der Waals surface area contributed by atoms with Crippen molar-refractivity contribution in [3.8, 4) is 0 Å². The molecule has 0 spiro atoms. The number of nitrogens with zero attached hydrogens (tertiary/aromatic N) is 6. The third-order valence-corrected chi connectivity index (χ3v) is 9.09. The number of hydrogen-bond acceptors (Lipinski definition) is 7. The number of carbonyl (C=O) groups excluding carboxylic acids is 1. The first-order chi connectivity index (χ1) is 16.4. The van der Waals surface area contributed by atoms with Crippen molar-refractivity contribution in [1.82, 2.24) is 27.6 Å². The molecular weight excluding hydrogens is 472 g/mol. The second-order valence-electron chi connectivity index (χ2n) is 8.39. The van der Waals surface area contributed by atoms with Gasteiger partial charge in [0.25, 0.3) is 5.91 Å². The lowest BCUT2D eigenvalue weighted by Crippen LogP contribution is -2.38. The highest BCUT2D eigenvalue weighted by Gasteiger charge is 2.32. The minimum absolute atomic E-state index is 0.0243. The summed E-state index contributed by atoms with van der Waals surface area (Å²) in [5.74, 6) is 0.184. The van der Waals surface area contributed by atoms with Crippen molar-refractivity contribution in [1.29, 1.82) is 0 Å². The fourth-order valence-corrected chi connectivity index (χ4v) is 6.88. The first-order valence-corrected chi connectivity index (χ1v) is 13.6. The van der Waals surface area contributed by atoms with Crippen LogP contribution in [0.5, 0.6) is 0 Å². The predicted molar refractivity (Wildman–Crippen MR) is 131 cm³/mol. The minimum atomic E-state index is -3.65. The molecule has 0 bridgehead atoms. The fraction of sp³-hybridized carbons (Fsp3) is 0.391. The van der Waals surface area contributed by atoms with E-state index in [2.05, 4.69) is 13.8 Å². The van der Waals surface area contributed by atoms with Crippen LogP contribution in [-0.2, 0) is 10.0 Å². The summed E-state index contributed by atoms with van der Waals surface area (Å²) >= 11 is 1.02. The monoisotopic (exact) mass is 498 g/mol. The van der Waals surface area contributed by atoms with Crippen LogP contribution in [0.2, 0.25) is 0 Å². The zero-order valence-electron chi connectivity index (χ0n) is 19.1. The van der Waals surface area contributed by atoms with Gasteiger partial charge in [0.1, 0.15) is 15.9 Å². The van der Waals surface area contributed by atoms with Gasteiger partial charge in [0.15, 0.2) is 0 Å². The minimum Gasteiger partial charge on any atom is -0.339 e. The lowest BCUT2D eigenvalue weighted by molar-refractivity contribution is 0.0775. The van der Waals surface area contributed by atoms with Gasteiger partial charge in [0.2, 0.25) is 10.0 Å². The maximum Gasteiger partial charge on any atom is 0.257 e. The van der Waals surface area contributed by atoms with Crippen LogP contribution in [0, 0.1) is 0 Å². The van der Waals surface area contributed by atoms with Gasteiger partial charge in [-0.05, 0) is 62.4 Å². The van der Waals surface area contributed by atoms with Gasteiger partial charge in [0.05, 0.1) is 29.0 Å². The molecular formula is C23H26N6O3S2. The third-order valence-electron chi connectivity index (χ3n) is 6.62. The number of benzene rings is 1. The summed E-state index contributed by atoms with van der Waals surface area (Å²) in [5.41, 5.74) is 3.52. The summed E-state index contributed by atoms with van der Waals surface area (Å²) in [6.45, 7) is 6.07. The number of sulfonamides is 1. The molecule has 1 aliphatic heterocycles. The lowest BCUT2D eigenvalue weighted by atomic mass is 9.90. The summed E-state index contributed by atoms with van der Waals surface area (Å²) in [6.07, 6.45) is 4.91. The zero-order valence-corrected chi connectivity index (χ0v) is 20.7. The maximum atomic E-state index is 13.3. The molecule has 0 N–H and O–H groups in total. The van der Waals surface area contributed by atoms with Gasteiger partial charge in [0, 0.05) is 32.4 Å². The van der Waals surface area contributed by atoms with Gasteiger partial charge in [-0.1, -0.05) is 6.07 Å². The Balaban J connectivity index is 1.36. The van der Waals surface area contributed by atoms with Crippen LogP contribution < -0.4 is 0 Å². The number of amides is 1. The van der Waals surface area contributed by atoms with Crippen LogP contribution in [0.15, 0.2) is 47.6 Å². The average molecular weight is 499 g/mol. The molecule has 1 saturated heterocycles. The van der Waals surface area contributed by atoms with E-state index in [0.29, 0.717) is 55.6 Å². The van der Waals surface area contributed by atoms with Crippen molar-refractivity contribution in [2.75, 3.05) is 26.2 Å². The Morgan fingerprint density at radius 1 is 1.15 bits per heavy atom. The Kier molecular flexibility index (Phi) is 6.09. The van der Waals surface area contributed by atoms with Crippen molar-refractivity contribution < 1.29 is 13.2 Å². The van der Waals surface area contributed by atoms with E-state index in [-0.39, 0.29) is 16.7 Å². The standard InChI is InChI=1S/C23H26N6O3S2/c1-3-27(4-2)23(30)18-15-24-29-13-10-17(14-20(18)29)16-8-11-28(12-9-16)34(31,32)21-7-5-6-19-22(21)26-33-25-19/h5-7,10,13-16H,3-4,8-9,11-12H2,1-2H3. The van der Waals surface area contributed by atoms with E-state index in [1.165, 1.54) is 0 Å². The number of piperidine rings is 1. The van der Waals surface area contributed by atoms with Crippen LogP contribution in [0.3, 0.4) is 0 Å². The molecule has 178 valence electrons. The summed E-state index contributed by atoms with van der Waals surface area (Å²) in [7, 11) is -3.65. The number of hydrogen-bond donors (Lipinski definition) is 0. The molecule has 4 aromatic rings. The Morgan fingerprint density at radius 2 is 1.91 bits per heavy atom. The molecule has 5 rings (SSSR count). The van der Waals surface area contributed by atoms with Crippen molar-refractivity contribution in [2.24, 2.45) is 0 Å². The average Bonchev–Trinajstić information content (AvgIpc) is 3.51. The van der Waals surface area contributed by atoms with Gasteiger partial charge in [-0.3, -0.25) is 4.79 Å². The molecule has 0 unspecified atom stereocenters. The van der Waals surface area contributed by atoms with E-state index in [4.69, 9.17) is 0 Å². The molecule has 4 heterocycles. The molecule has 0 radical (unpaired) electrons. The van der Waals surface area contributed by atoms with Crippen molar-refractivity contribution >= 4 is 44.2 Å². The highest BCUT2D eigenvalue weighted by Crippen LogP contribution is 2.33. The summed E-state index contributed by atoms with van der Waals surface area (Å²) < 4.78 is 38.3. The van der Waals surface area contributed by atoms with E-state index in [0.717, 1.165) is 22.8 Å². The number of pyridine rings is 1. The zero-order chi connectivity index (χ0) is 23.9. The van der Waals surface area contributed by atoms with Crippen molar-refractivity contribution in [3.63, 3.8) is 0 Å². The molecule has 0 atom stereocenters. The predicted octanol–water partition coefficient (Wildman–Crippen LogP) is 3.39. The second kappa shape index (κ2) is 9.05. The van der Waals surface area contributed by atoms with Crippen LogP contribution in [0.25, 0.3) is 16.6 Å². The van der Waals surface area contributed by atoms with Crippen LogP contribution >= 0.6 is 11.7 Å². The smallest absolute Gasteiger partial charge is 0.257 e. The van der Waals surface area contributed by atoms with Crippen LogP contribution in [0.1, 0.15) is 48.5 Å². The van der Waals surface area contributed by atoms with Crippen molar-refractivity contribution in [3.05, 3.63) is 53.9 Å². The molecule has 1 fully saturated rings. The fourth-order valence-electron chi connectivity index (χ4n) is 4.65. The summed E-state index contributed by atoms with van der Waals surface area (Å²) in [5, 5.41) is 4.35.